The highest BCUT2D eigenvalue weighted by molar-refractivity contribution is 7.99. The number of anilines is 1. The van der Waals surface area contributed by atoms with Gasteiger partial charge in [-0.3, -0.25) is 4.79 Å². The van der Waals surface area contributed by atoms with Gasteiger partial charge in [0, 0.05) is 5.69 Å². The molecule has 7 heteroatoms. The molecule has 1 heterocycles. The van der Waals surface area contributed by atoms with Crippen molar-refractivity contribution in [2.75, 3.05) is 11.1 Å². The molecule has 6 nitrogen and oxygen atoms in total. The fraction of sp³-hybridized carbons (Fsp3) is 0.176. The van der Waals surface area contributed by atoms with E-state index in [-0.39, 0.29) is 11.7 Å². The second-order valence-electron chi connectivity index (χ2n) is 5.34. The first kappa shape index (κ1) is 16.2. The molecule has 0 aliphatic carbocycles. The van der Waals surface area contributed by atoms with Gasteiger partial charge in [0.2, 0.25) is 11.1 Å². The van der Waals surface area contributed by atoms with Crippen LogP contribution in [0.2, 0.25) is 0 Å². The summed E-state index contributed by atoms with van der Waals surface area (Å²) in [6, 6.07) is 15.4. The van der Waals surface area contributed by atoms with Gasteiger partial charge in [-0.15, -0.1) is 5.10 Å². The average molecular weight is 339 g/mol. The minimum Gasteiger partial charge on any atom is -0.325 e. The van der Waals surface area contributed by atoms with Gasteiger partial charge in [-0.1, -0.05) is 36.0 Å². The van der Waals surface area contributed by atoms with E-state index in [1.165, 1.54) is 22.9 Å². The summed E-state index contributed by atoms with van der Waals surface area (Å²) >= 11 is 1.30. The summed E-state index contributed by atoms with van der Waals surface area (Å²) in [5.74, 6) is 0.140. The number of aryl methyl sites for hydroxylation is 2. The van der Waals surface area contributed by atoms with Crippen LogP contribution in [0.1, 0.15) is 11.1 Å². The summed E-state index contributed by atoms with van der Waals surface area (Å²) in [7, 11) is 0. The Hall–Kier alpha value is -2.67. The number of hydrogen-bond acceptors (Lipinski definition) is 5. The van der Waals surface area contributed by atoms with Crippen molar-refractivity contribution in [3.8, 4) is 5.69 Å². The molecule has 1 amide bonds. The molecule has 0 atom stereocenters. The number of amides is 1. The van der Waals surface area contributed by atoms with Crippen LogP contribution < -0.4 is 5.32 Å². The van der Waals surface area contributed by atoms with Crippen LogP contribution in [0.4, 0.5) is 5.69 Å². The molecule has 122 valence electrons. The van der Waals surface area contributed by atoms with Gasteiger partial charge in [-0.25, -0.2) is 0 Å². The maximum Gasteiger partial charge on any atom is 0.234 e. The Morgan fingerprint density at radius 1 is 1.12 bits per heavy atom. The zero-order valence-electron chi connectivity index (χ0n) is 13.4. The van der Waals surface area contributed by atoms with Crippen LogP contribution in [0.15, 0.2) is 53.7 Å². The van der Waals surface area contributed by atoms with Crippen molar-refractivity contribution >= 4 is 23.4 Å². The van der Waals surface area contributed by atoms with Gasteiger partial charge in [0.15, 0.2) is 0 Å². The molecular formula is C17H17N5OS. The SMILES string of the molecule is Cc1ccc(-n2nnnc2SCC(=O)Nc2ccccc2)cc1C. The summed E-state index contributed by atoms with van der Waals surface area (Å²) in [5.41, 5.74) is 4.04. The van der Waals surface area contributed by atoms with Gasteiger partial charge in [-0.05, 0) is 59.7 Å². The van der Waals surface area contributed by atoms with E-state index in [0.717, 1.165) is 11.4 Å². The van der Waals surface area contributed by atoms with Crippen LogP contribution >= 0.6 is 11.8 Å². The van der Waals surface area contributed by atoms with E-state index in [1.54, 1.807) is 4.68 Å². The highest BCUT2D eigenvalue weighted by Crippen LogP contribution is 2.20. The molecule has 2 aromatic carbocycles. The molecule has 3 rings (SSSR count). The number of carbonyl (C=O) groups excluding carboxylic acids is 1. The molecule has 1 N–H and O–H groups in total. The van der Waals surface area contributed by atoms with Gasteiger partial charge in [-0.2, -0.15) is 4.68 Å². The average Bonchev–Trinajstić information content (AvgIpc) is 3.05. The van der Waals surface area contributed by atoms with Gasteiger partial charge < -0.3 is 5.32 Å². The first-order valence-electron chi connectivity index (χ1n) is 7.47. The molecule has 0 saturated heterocycles. The predicted octanol–water partition coefficient (Wildman–Crippen LogP) is 3.01. The Bertz CT molecular complexity index is 847. The van der Waals surface area contributed by atoms with Crippen molar-refractivity contribution in [1.29, 1.82) is 0 Å². The highest BCUT2D eigenvalue weighted by Gasteiger charge is 2.12. The van der Waals surface area contributed by atoms with Crippen LogP contribution in [0.25, 0.3) is 5.69 Å². The van der Waals surface area contributed by atoms with E-state index in [2.05, 4.69) is 27.8 Å². The van der Waals surface area contributed by atoms with E-state index in [9.17, 15) is 4.79 Å². The molecule has 3 aromatic rings. The number of hydrogen-bond donors (Lipinski definition) is 1. The molecule has 0 unspecified atom stereocenters. The van der Waals surface area contributed by atoms with Crippen LogP contribution in [-0.2, 0) is 4.79 Å². The molecule has 0 spiro atoms. The number of benzene rings is 2. The fourth-order valence-electron chi connectivity index (χ4n) is 2.14. The number of para-hydroxylation sites is 1. The number of nitrogens with one attached hydrogen (secondary N) is 1. The zero-order chi connectivity index (χ0) is 16.9. The molecular weight excluding hydrogens is 322 g/mol. The van der Waals surface area contributed by atoms with Crippen molar-refractivity contribution < 1.29 is 4.79 Å². The van der Waals surface area contributed by atoms with Crippen molar-refractivity contribution in [3.05, 3.63) is 59.7 Å². The fourth-order valence-corrected chi connectivity index (χ4v) is 2.83. The normalized spacial score (nSPS) is 10.6. The summed E-state index contributed by atoms with van der Waals surface area (Å²) < 4.78 is 1.65. The highest BCUT2D eigenvalue weighted by atomic mass is 32.2. The van der Waals surface area contributed by atoms with Crippen molar-refractivity contribution in [3.63, 3.8) is 0 Å². The van der Waals surface area contributed by atoms with E-state index in [0.29, 0.717) is 5.16 Å². The zero-order valence-corrected chi connectivity index (χ0v) is 14.2. The Morgan fingerprint density at radius 3 is 2.67 bits per heavy atom. The first-order chi connectivity index (χ1) is 11.6. The van der Waals surface area contributed by atoms with Gasteiger partial charge in [0.05, 0.1) is 11.4 Å². The van der Waals surface area contributed by atoms with Crippen molar-refractivity contribution in [1.82, 2.24) is 20.2 Å². The van der Waals surface area contributed by atoms with Crippen molar-refractivity contribution in [2.45, 2.75) is 19.0 Å². The molecule has 0 aliphatic heterocycles. The molecule has 0 fully saturated rings. The number of tetrazole rings is 1. The Balaban J connectivity index is 1.67. The predicted molar refractivity (Wildman–Crippen MR) is 94.4 cm³/mol. The Kier molecular flexibility index (Phi) is 4.90. The molecule has 0 aliphatic rings. The Labute approximate surface area is 144 Å². The smallest absolute Gasteiger partial charge is 0.234 e. The lowest BCUT2D eigenvalue weighted by atomic mass is 10.1. The number of nitrogens with zero attached hydrogens (tertiary/aromatic N) is 4. The lowest BCUT2D eigenvalue weighted by molar-refractivity contribution is -0.113. The topological polar surface area (TPSA) is 72.7 Å². The molecule has 0 radical (unpaired) electrons. The maximum absolute atomic E-state index is 12.0. The Morgan fingerprint density at radius 2 is 1.92 bits per heavy atom. The van der Waals surface area contributed by atoms with E-state index in [1.807, 2.05) is 55.5 Å². The van der Waals surface area contributed by atoms with E-state index < -0.39 is 0 Å². The summed E-state index contributed by atoms with van der Waals surface area (Å²) in [6.45, 7) is 4.10. The molecule has 0 bridgehead atoms. The van der Waals surface area contributed by atoms with E-state index in [4.69, 9.17) is 0 Å². The van der Waals surface area contributed by atoms with Gasteiger partial charge >= 0.3 is 0 Å². The second kappa shape index (κ2) is 7.27. The number of aromatic nitrogens is 4. The number of carbonyl (C=O) groups is 1. The lowest BCUT2D eigenvalue weighted by Gasteiger charge is -2.07. The minimum absolute atomic E-state index is 0.0964. The summed E-state index contributed by atoms with van der Waals surface area (Å²) in [4.78, 5) is 12.0. The second-order valence-corrected chi connectivity index (χ2v) is 6.29. The third-order valence-electron chi connectivity index (χ3n) is 3.57. The standard InChI is InChI=1S/C17H17N5OS/c1-12-8-9-15(10-13(12)2)22-17(19-20-21-22)24-11-16(23)18-14-6-4-3-5-7-14/h3-10H,11H2,1-2H3,(H,18,23). The number of thioether (sulfide) groups is 1. The largest absolute Gasteiger partial charge is 0.325 e. The summed E-state index contributed by atoms with van der Waals surface area (Å²) in [6.07, 6.45) is 0. The van der Waals surface area contributed by atoms with Crippen LogP contribution in [0.3, 0.4) is 0 Å². The molecule has 24 heavy (non-hydrogen) atoms. The molecule has 0 saturated carbocycles. The lowest BCUT2D eigenvalue weighted by Crippen LogP contribution is -2.14. The van der Waals surface area contributed by atoms with E-state index >= 15 is 0 Å². The van der Waals surface area contributed by atoms with Crippen LogP contribution in [0, 0.1) is 13.8 Å². The third-order valence-corrected chi connectivity index (χ3v) is 4.49. The quantitative estimate of drug-likeness (QED) is 0.724. The monoisotopic (exact) mass is 339 g/mol. The van der Waals surface area contributed by atoms with Crippen LogP contribution in [0.5, 0.6) is 0 Å². The first-order valence-corrected chi connectivity index (χ1v) is 8.46. The van der Waals surface area contributed by atoms with Crippen LogP contribution in [-0.4, -0.2) is 31.9 Å². The van der Waals surface area contributed by atoms with Gasteiger partial charge in [0.25, 0.3) is 0 Å². The van der Waals surface area contributed by atoms with Gasteiger partial charge in [0.1, 0.15) is 0 Å². The minimum atomic E-state index is -0.0964. The summed E-state index contributed by atoms with van der Waals surface area (Å²) in [5, 5.41) is 15.2. The molecule has 1 aromatic heterocycles. The maximum atomic E-state index is 12.0. The third kappa shape index (κ3) is 3.80. The van der Waals surface area contributed by atoms with Crippen molar-refractivity contribution in [2.24, 2.45) is 0 Å². The number of rotatable bonds is 5.